The molecular weight excluding hydrogens is 368 g/mol. The highest BCUT2D eigenvalue weighted by Gasteiger charge is 2.28. The SMILES string of the molecule is CCOC(=O)c1sc(N2CCCC2)c(C#N)c1Nc1ccc([N+](=O)[O-])cc1. The largest absolute Gasteiger partial charge is 0.462 e. The van der Waals surface area contributed by atoms with Gasteiger partial charge in [-0.15, -0.1) is 11.3 Å². The van der Waals surface area contributed by atoms with Crippen LogP contribution in [-0.4, -0.2) is 30.6 Å². The van der Waals surface area contributed by atoms with Crippen LogP contribution in [0, 0.1) is 21.4 Å². The maximum absolute atomic E-state index is 12.4. The van der Waals surface area contributed by atoms with Crippen LogP contribution >= 0.6 is 11.3 Å². The molecule has 2 heterocycles. The number of carbonyl (C=O) groups excluding carboxylic acids is 1. The fraction of sp³-hybridized carbons (Fsp3) is 0.333. The lowest BCUT2D eigenvalue weighted by atomic mass is 10.2. The van der Waals surface area contributed by atoms with Crippen molar-refractivity contribution in [2.75, 3.05) is 29.9 Å². The minimum absolute atomic E-state index is 0.0326. The van der Waals surface area contributed by atoms with Gasteiger partial charge in [-0.05, 0) is 31.9 Å². The van der Waals surface area contributed by atoms with Crippen LogP contribution in [0.25, 0.3) is 0 Å². The Bertz CT molecular complexity index is 895. The summed E-state index contributed by atoms with van der Waals surface area (Å²) in [7, 11) is 0. The van der Waals surface area contributed by atoms with Crippen molar-refractivity contribution in [2.24, 2.45) is 0 Å². The highest BCUT2D eigenvalue weighted by Crippen LogP contribution is 2.42. The zero-order chi connectivity index (χ0) is 19.4. The van der Waals surface area contributed by atoms with Crippen molar-refractivity contribution < 1.29 is 14.5 Å². The Morgan fingerprint density at radius 3 is 2.59 bits per heavy atom. The van der Waals surface area contributed by atoms with Crippen LogP contribution in [0.1, 0.15) is 35.0 Å². The average molecular weight is 386 g/mol. The van der Waals surface area contributed by atoms with E-state index in [0.717, 1.165) is 30.9 Å². The number of ether oxygens (including phenoxy) is 1. The monoisotopic (exact) mass is 386 g/mol. The maximum atomic E-state index is 12.4. The summed E-state index contributed by atoms with van der Waals surface area (Å²) in [6.45, 7) is 3.64. The van der Waals surface area contributed by atoms with Crippen LogP contribution in [0.5, 0.6) is 0 Å². The van der Waals surface area contributed by atoms with Gasteiger partial charge in [0, 0.05) is 30.9 Å². The van der Waals surface area contributed by atoms with E-state index in [2.05, 4.69) is 16.3 Å². The summed E-state index contributed by atoms with van der Waals surface area (Å²) in [4.78, 5) is 25.2. The Balaban J connectivity index is 2.01. The van der Waals surface area contributed by atoms with E-state index in [9.17, 15) is 20.2 Å². The molecule has 1 aliphatic rings. The smallest absolute Gasteiger partial charge is 0.350 e. The van der Waals surface area contributed by atoms with E-state index < -0.39 is 10.9 Å². The number of nitrogens with one attached hydrogen (secondary N) is 1. The number of nitriles is 1. The van der Waals surface area contributed by atoms with Gasteiger partial charge in [0.15, 0.2) is 0 Å². The molecule has 0 saturated carbocycles. The van der Waals surface area contributed by atoms with Gasteiger partial charge in [0.25, 0.3) is 5.69 Å². The summed E-state index contributed by atoms with van der Waals surface area (Å²) in [5.74, 6) is -0.492. The Labute approximate surface area is 160 Å². The lowest BCUT2D eigenvalue weighted by Crippen LogP contribution is -2.17. The fourth-order valence-electron chi connectivity index (χ4n) is 2.94. The van der Waals surface area contributed by atoms with E-state index in [4.69, 9.17) is 4.74 Å². The zero-order valence-corrected chi connectivity index (χ0v) is 15.5. The van der Waals surface area contributed by atoms with Gasteiger partial charge >= 0.3 is 5.97 Å². The van der Waals surface area contributed by atoms with Gasteiger partial charge < -0.3 is 15.0 Å². The van der Waals surface area contributed by atoms with E-state index >= 15 is 0 Å². The van der Waals surface area contributed by atoms with E-state index in [-0.39, 0.29) is 12.3 Å². The first-order valence-electron chi connectivity index (χ1n) is 8.55. The summed E-state index contributed by atoms with van der Waals surface area (Å²) in [6, 6.07) is 8.02. The number of nitrogens with zero attached hydrogens (tertiary/aromatic N) is 3. The predicted octanol–water partition coefficient (Wildman–Crippen LogP) is 4.05. The van der Waals surface area contributed by atoms with Gasteiger partial charge in [0.1, 0.15) is 21.5 Å². The third-order valence-corrected chi connectivity index (χ3v) is 5.43. The van der Waals surface area contributed by atoms with Gasteiger partial charge in [-0.2, -0.15) is 5.26 Å². The Hall–Kier alpha value is -3.12. The van der Waals surface area contributed by atoms with E-state index in [1.54, 1.807) is 19.1 Å². The van der Waals surface area contributed by atoms with E-state index in [0.29, 0.717) is 21.8 Å². The van der Waals surface area contributed by atoms with Crippen LogP contribution < -0.4 is 10.2 Å². The van der Waals surface area contributed by atoms with Crippen molar-refractivity contribution >= 4 is 39.4 Å². The molecule has 1 aromatic heterocycles. The molecule has 1 fully saturated rings. The summed E-state index contributed by atoms with van der Waals surface area (Å²) in [5.41, 5.74) is 1.29. The molecule has 140 valence electrons. The molecule has 1 aromatic carbocycles. The van der Waals surface area contributed by atoms with Gasteiger partial charge in [-0.25, -0.2) is 4.79 Å². The van der Waals surface area contributed by atoms with Crippen molar-refractivity contribution in [3.63, 3.8) is 0 Å². The van der Waals surface area contributed by atoms with Crippen molar-refractivity contribution in [2.45, 2.75) is 19.8 Å². The fourth-order valence-corrected chi connectivity index (χ4v) is 4.09. The van der Waals surface area contributed by atoms with Crippen molar-refractivity contribution in [3.05, 3.63) is 44.8 Å². The molecule has 1 N–H and O–H groups in total. The Morgan fingerprint density at radius 2 is 2.04 bits per heavy atom. The highest BCUT2D eigenvalue weighted by molar-refractivity contribution is 7.18. The Kier molecular flexibility index (Phi) is 5.57. The number of non-ortho nitro benzene ring substituents is 1. The summed E-state index contributed by atoms with van der Waals surface area (Å²) in [5, 5.41) is 24.4. The molecule has 0 radical (unpaired) electrons. The van der Waals surface area contributed by atoms with Gasteiger partial charge in [-0.1, -0.05) is 0 Å². The second-order valence-electron chi connectivity index (χ2n) is 5.94. The third kappa shape index (κ3) is 3.85. The first-order valence-corrected chi connectivity index (χ1v) is 9.37. The van der Waals surface area contributed by atoms with Gasteiger partial charge in [0.05, 0.1) is 17.2 Å². The highest BCUT2D eigenvalue weighted by atomic mass is 32.1. The van der Waals surface area contributed by atoms with Crippen molar-refractivity contribution in [3.8, 4) is 6.07 Å². The van der Waals surface area contributed by atoms with Crippen LogP contribution in [0.4, 0.5) is 22.1 Å². The molecule has 2 aromatic rings. The normalized spacial score (nSPS) is 13.3. The minimum atomic E-state index is -0.492. The van der Waals surface area contributed by atoms with Crippen molar-refractivity contribution in [1.82, 2.24) is 0 Å². The number of anilines is 3. The second kappa shape index (κ2) is 8.05. The Morgan fingerprint density at radius 1 is 1.37 bits per heavy atom. The van der Waals surface area contributed by atoms with Crippen LogP contribution in [-0.2, 0) is 4.74 Å². The molecule has 0 aliphatic carbocycles. The van der Waals surface area contributed by atoms with E-state index in [1.807, 2.05) is 0 Å². The number of hydrogen-bond donors (Lipinski definition) is 1. The first-order chi connectivity index (χ1) is 13.0. The second-order valence-corrected chi connectivity index (χ2v) is 6.94. The molecule has 0 amide bonds. The first kappa shape index (κ1) is 18.7. The molecule has 1 saturated heterocycles. The topological polar surface area (TPSA) is 108 Å². The lowest BCUT2D eigenvalue weighted by Gasteiger charge is -2.15. The maximum Gasteiger partial charge on any atom is 0.350 e. The minimum Gasteiger partial charge on any atom is -0.462 e. The van der Waals surface area contributed by atoms with Gasteiger partial charge in [0.2, 0.25) is 0 Å². The summed E-state index contributed by atoms with van der Waals surface area (Å²) >= 11 is 1.24. The third-order valence-electron chi connectivity index (χ3n) is 4.20. The quantitative estimate of drug-likeness (QED) is 0.453. The number of thiophene rings is 1. The standard InChI is InChI=1S/C18H18N4O4S/c1-2-26-18(23)16-15(20-12-5-7-13(8-6-12)22(24)25)14(11-19)17(27-16)21-9-3-4-10-21/h5-8,20H,2-4,9-10H2,1H3. The van der Waals surface area contributed by atoms with Crippen LogP contribution in [0.3, 0.4) is 0 Å². The average Bonchev–Trinajstić information content (AvgIpc) is 3.30. The molecule has 0 unspecified atom stereocenters. The zero-order valence-electron chi connectivity index (χ0n) is 14.7. The lowest BCUT2D eigenvalue weighted by molar-refractivity contribution is -0.384. The van der Waals surface area contributed by atoms with Crippen molar-refractivity contribution in [1.29, 1.82) is 5.26 Å². The molecule has 8 nitrogen and oxygen atoms in total. The molecule has 1 aliphatic heterocycles. The molecule has 0 atom stereocenters. The molecule has 27 heavy (non-hydrogen) atoms. The number of benzene rings is 1. The van der Waals surface area contributed by atoms with Crippen LogP contribution in [0.15, 0.2) is 24.3 Å². The van der Waals surface area contributed by atoms with Gasteiger partial charge in [-0.3, -0.25) is 10.1 Å². The number of esters is 1. The van der Waals surface area contributed by atoms with Crippen LogP contribution in [0.2, 0.25) is 0 Å². The number of carbonyl (C=O) groups is 1. The molecule has 0 bridgehead atoms. The number of rotatable bonds is 6. The summed E-state index contributed by atoms with van der Waals surface area (Å²) in [6.07, 6.45) is 2.09. The number of nitro benzene ring substituents is 1. The number of hydrogen-bond acceptors (Lipinski definition) is 8. The summed E-state index contributed by atoms with van der Waals surface area (Å²) < 4.78 is 5.15. The predicted molar refractivity (Wildman–Crippen MR) is 103 cm³/mol. The molecule has 0 spiro atoms. The van der Waals surface area contributed by atoms with E-state index in [1.165, 1.54) is 23.5 Å². The number of nitro groups is 1. The molecule has 9 heteroatoms. The molecule has 3 rings (SSSR count). The molecular formula is C18H18N4O4S.